The Bertz CT molecular complexity index is 638. The molecule has 1 atom stereocenters. The molecule has 148 valence electrons. The third-order valence-electron chi connectivity index (χ3n) is 5.86. The van der Waals surface area contributed by atoms with E-state index in [4.69, 9.17) is 4.74 Å². The van der Waals surface area contributed by atoms with E-state index < -0.39 is 0 Å². The van der Waals surface area contributed by atoms with Gasteiger partial charge < -0.3 is 19.6 Å². The van der Waals surface area contributed by atoms with Crippen molar-refractivity contribution >= 4 is 11.8 Å². The van der Waals surface area contributed by atoms with Crippen LogP contribution in [0.1, 0.15) is 31.2 Å². The molecule has 2 heterocycles. The van der Waals surface area contributed by atoms with Crippen molar-refractivity contribution in [2.24, 2.45) is 11.8 Å². The average molecular weight is 374 g/mol. The van der Waals surface area contributed by atoms with Crippen LogP contribution in [0, 0.1) is 11.8 Å². The number of hydrogen-bond acceptors (Lipinski definition) is 4. The van der Waals surface area contributed by atoms with Gasteiger partial charge >= 0.3 is 0 Å². The van der Waals surface area contributed by atoms with E-state index in [0.717, 1.165) is 43.7 Å². The molecule has 2 aliphatic rings. The van der Waals surface area contributed by atoms with Crippen LogP contribution in [0.3, 0.4) is 0 Å². The molecule has 3 rings (SSSR count). The second kappa shape index (κ2) is 9.22. The van der Waals surface area contributed by atoms with Crippen molar-refractivity contribution in [3.05, 3.63) is 29.8 Å². The Labute approximate surface area is 161 Å². The third kappa shape index (κ3) is 5.01. The molecule has 1 aromatic carbocycles. The quantitative estimate of drug-likeness (QED) is 0.823. The summed E-state index contributed by atoms with van der Waals surface area (Å²) in [4.78, 5) is 28.9. The molecular weight excluding hydrogens is 344 g/mol. The molecule has 0 radical (unpaired) electrons. The molecule has 6 heteroatoms. The number of rotatable bonds is 6. The topological polar surface area (TPSA) is 70.1 Å². The summed E-state index contributed by atoms with van der Waals surface area (Å²) in [6.45, 7) is 2.81. The zero-order chi connectivity index (χ0) is 19.2. The Morgan fingerprint density at radius 3 is 2.52 bits per heavy atom. The summed E-state index contributed by atoms with van der Waals surface area (Å²) in [6, 6.07) is 7.88. The van der Waals surface area contributed by atoms with Crippen molar-refractivity contribution < 1.29 is 19.4 Å². The number of benzene rings is 1. The first-order chi connectivity index (χ1) is 13.1. The average Bonchev–Trinajstić information content (AvgIpc) is 2.73. The lowest BCUT2D eigenvalue weighted by Gasteiger charge is -2.37. The van der Waals surface area contributed by atoms with Crippen molar-refractivity contribution in [2.75, 3.05) is 39.9 Å². The van der Waals surface area contributed by atoms with Crippen LogP contribution in [0.15, 0.2) is 24.3 Å². The lowest BCUT2D eigenvalue weighted by Crippen LogP contribution is -2.49. The lowest BCUT2D eigenvalue weighted by atomic mass is 9.92. The van der Waals surface area contributed by atoms with Gasteiger partial charge in [-0.05, 0) is 49.3 Å². The van der Waals surface area contributed by atoms with Crippen molar-refractivity contribution in [3.63, 3.8) is 0 Å². The van der Waals surface area contributed by atoms with E-state index in [1.807, 2.05) is 34.1 Å². The molecule has 2 aliphatic heterocycles. The lowest BCUT2D eigenvalue weighted by molar-refractivity contribution is -0.144. The van der Waals surface area contributed by atoms with Crippen LogP contribution in [0.4, 0.5) is 0 Å². The van der Waals surface area contributed by atoms with Gasteiger partial charge in [0.2, 0.25) is 11.8 Å². The maximum atomic E-state index is 12.9. The number of methoxy groups -OCH3 is 1. The minimum absolute atomic E-state index is 0.0933. The van der Waals surface area contributed by atoms with Crippen molar-refractivity contribution in [1.82, 2.24) is 9.80 Å². The molecule has 0 aliphatic carbocycles. The van der Waals surface area contributed by atoms with E-state index in [0.29, 0.717) is 31.8 Å². The van der Waals surface area contributed by atoms with Crippen molar-refractivity contribution in [3.8, 4) is 5.75 Å². The van der Waals surface area contributed by atoms with Crippen LogP contribution >= 0.6 is 0 Å². The molecule has 1 N–H and O–H groups in total. The number of aliphatic hydroxyl groups is 1. The maximum absolute atomic E-state index is 12.9. The van der Waals surface area contributed by atoms with Crippen molar-refractivity contribution in [2.45, 2.75) is 32.1 Å². The molecule has 27 heavy (non-hydrogen) atoms. The molecule has 0 unspecified atom stereocenters. The van der Waals surface area contributed by atoms with E-state index in [1.165, 1.54) is 0 Å². The van der Waals surface area contributed by atoms with Gasteiger partial charge in [-0.2, -0.15) is 0 Å². The molecular formula is C21H30N2O4. The third-order valence-corrected chi connectivity index (χ3v) is 5.86. The number of likely N-dealkylation sites (tertiary alicyclic amines) is 2. The van der Waals surface area contributed by atoms with Crippen LogP contribution in [-0.4, -0.2) is 66.6 Å². The molecule has 0 spiro atoms. The highest BCUT2D eigenvalue weighted by atomic mass is 16.5. The van der Waals surface area contributed by atoms with Crippen LogP contribution in [0.2, 0.25) is 0 Å². The second-order valence-electron chi connectivity index (χ2n) is 7.62. The monoisotopic (exact) mass is 374 g/mol. The van der Waals surface area contributed by atoms with E-state index in [-0.39, 0.29) is 24.3 Å². The molecule has 6 nitrogen and oxygen atoms in total. The number of hydrogen-bond donors (Lipinski definition) is 1. The van der Waals surface area contributed by atoms with Gasteiger partial charge in [-0.3, -0.25) is 9.59 Å². The van der Waals surface area contributed by atoms with Gasteiger partial charge in [0.15, 0.2) is 0 Å². The highest BCUT2D eigenvalue weighted by Crippen LogP contribution is 2.24. The Morgan fingerprint density at radius 1 is 1.19 bits per heavy atom. The molecule has 2 amide bonds. The molecule has 0 aromatic heterocycles. The SMILES string of the molecule is COc1ccc(CCN2C[C@@H](C(=O)N3CCC(CO)CC3)CCC2=O)cc1. The summed E-state index contributed by atoms with van der Waals surface area (Å²) in [7, 11) is 1.64. The van der Waals surface area contributed by atoms with Crippen LogP contribution in [-0.2, 0) is 16.0 Å². The van der Waals surface area contributed by atoms with Crippen LogP contribution < -0.4 is 4.74 Å². The summed E-state index contributed by atoms with van der Waals surface area (Å²) < 4.78 is 5.17. The van der Waals surface area contributed by atoms with Gasteiger partial charge in [0, 0.05) is 39.2 Å². The number of piperidine rings is 2. The normalized spacial score (nSPS) is 21.4. The largest absolute Gasteiger partial charge is 0.497 e. The number of amides is 2. The second-order valence-corrected chi connectivity index (χ2v) is 7.62. The minimum atomic E-state index is -0.0933. The first-order valence-electron chi connectivity index (χ1n) is 9.91. The number of carbonyl (C=O) groups is 2. The Balaban J connectivity index is 1.52. The van der Waals surface area contributed by atoms with Crippen LogP contribution in [0.25, 0.3) is 0 Å². The highest BCUT2D eigenvalue weighted by Gasteiger charge is 2.33. The molecule has 0 saturated carbocycles. The molecule has 2 fully saturated rings. The summed E-state index contributed by atoms with van der Waals surface area (Å²) >= 11 is 0. The van der Waals surface area contributed by atoms with E-state index in [1.54, 1.807) is 7.11 Å². The fourth-order valence-corrected chi connectivity index (χ4v) is 3.98. The van der Waals surface area contributed by atoms with Gasteiger partial charge in [0.05, 0.1) is 13.0 Å². The number of nitrogens with zero attached hydrogens (tertiary/aromatic N) is 2. The first-order valence-corrected chi connectivity index (χ1v) is 9.91. The van der Waals surface area contributed by atoms with Gasteiger partial charge in [-0.1, -0.05) is 12.1 Å². The standard InChI is InChI=1S/C21H30N2O4/c1-27-19-5-2-16(3-6-19)8-13-23-14-18(4-7-20(23)25)21(26)22-11-9-17(15-24)10-12-22/h2-3,5-6,17-18,24H,4,7-15H2,1H3/t18-/m0/s1. The molecule has 0 bridgehead atoms. The highest BCUT2D eigenvalue weighted by molar-refractivity contribution is 5.84. The summed E-state index contributed by atoms with van der Waals surface area (Å²) in [5, 5.41) is 9.26. The number of aliphatic hydroxyl groups excluding tert-OH is 1. The fourth-order valence-electron chi connectivity index (χ4n) is 3.98. The van der Waals surface area contributed by atoms with Crippen molar-refractivity contribution in [1.29, 1.82) is 0 Å². The van der Waals surface area contributed by atoms with Gasteiger partial charge in [-0.25, -0.2) is 0 Å². The Morgan fingerprint density at radius 2 is 1.89 bits per heavy atom. The van der Waals surface area contributed by atoms with Gasteiger partial charge in [0.25, 0.3) is 0 Å². The van der Waals surface area contributed by atoms with E-state index in [2.05, 4.69) is 0 Å². The predicted molar refractivity (Wildman–Crippen MR) is 102 cm³/mol. The minimum Gasteiger partial charge on any atom is -0.497 e. The zero-order valence-corrected chi connectivity index (χ0v) is 16.1. The zero-order valence-electron chi connectivity index (χ0n) is 16.1. The van der Waals surface area contributed by atoms with Crippen LogP contribution in [0.5, 0.6) is 5.75 Å². The summed E-state index contributed by atoms with van der Waals surface area (Å²) in [5.74, 6) is 1.37. The first kappa shape index (κ1) is 19.7. The smallest absolute Gasteiger partial charge is 0.227 e. The Kier molecular flexibility index (Phi) is 6.72. The summed E-state index contributed by atoms with van der Waals surface area (Å²) in [6.07, 6.45) is 3.62. The number of ether oxygens (including phenoxy) is 1. The molecule has 2 saturated heterocycles. The van der Waals surface area contributed by atoms with E-state index in [9.17, 15) is 14.7 Å². The number of carbonyl (C=O) groups excluding carboxylic acids is 2. The van der Waals surface area contributed by atoms with Gasteiger partial charge in [0.1, 0.15) is 5.75 Å². The molecule has 1 aromatic rings. The Hall–Kier alpha value is -2.08. The fraction of sp³-hybridized carbons (Fsp3) is 0.619. The van der Waals surface area contributed by atoms with E-state index >= 15 is 0 Å². The predicted octanol–water partition coefficient (Wildman–Crippen LogP) is 1.71. The van der Waals surface area contributed by atoms with Gasteiger partial charge in [-0.15, -0.1) is 0 Å². The summed E-state index contributed by atoms with van der Waals surface area (Å²) in [5.41, 5.74) is 1.16. The maximum Gasteiger partial charge on any atom is 0.227 e.